The molecule has 3 N–H and O–H groups in total. The minimum atomic E-state index is -0.248. The van der Waals surface area contributed by atoms with Gasteiger partial charge in [0.2, 0.25) is 0 Å². The van der Waals surface area contributed by atoms with Crippen molar-refractivity contribution < 1.29 is 9.53 Å². The van der Waals surface area contributed by atoms with E-state index in [0.29, 0.717) is 34.3 Å². The van der Waals surface area contributed by atoms with Crippen molar-refractivity contribution in [2.75, 3.05) is 17.7 Å². The minimum Gasteiger partial charge on any atom is -0.492 e. The van der Waals surface area contributed by atoms with Crippen LogP contribution in [0.1, 0.15) is 17.3 Å². The first-order valence-electron chi connectivity index (χ1n) is 6.19. The van der Waals surface area contributed by atoms with Crippen molar-refractivity contribution in [3.8, 4) is 5.75 Å². The molecule has 20 heavy (non-hydrogen) atoms. The van der Waals surface area contributed by atoms with E-state index < -0.39 is 0 Å². The normalized spacial score (nSPS) is 10.1. The van der Waals surface area contributed by atoms with Crippen molar-refractivity contribution >= 4 is 28.9 Å². The zero-order valence-electron chi connectivity index (χ0n) is 11.0. The highest BCUT2D eigenvalue weighted by atomic mass is 35.5. The van der Waals surface area contributed by atoms with E-state index in [1.165, 1.54) is 0 Å². The molecule has 2 aromatic rings. The topological polar surface area (TPSA) is 64.3 Å². The molecule has 0 aliphatic carbocycles. The molecule has 0 saturated carbocycles. The van der Waals surface area contributed by atoms with Gasteiger partial charge in [0, 0.05) is 16.3 Å². The maximum Gasteiger partial charge on any atom is 0.255 e. The molecule has 0 radical (unpaired) electrons. The molecule has 0 unspecified atom stereocenters. The molecule has 0 saturated heterocycles. The van der Waals surface area contributed by atoms with Crippen LogP contribution in [0.5, 0.6) is 5.75 Å². The second-order valence-electron chi connectivity index (χ2n) is 4.15. The van der Waals surface area contributed by atoms with E-state index in [1.54, 1.807) is 42.5 Å². The number of amides is 1. The molecule has 1 amide bonds. The number of carbonyl (C=O) groups is 1. The molecule has 2 rings (SSSR count). The fraction of sp³-hybridized carbons (Fsp3) is 0.133. The lowest BCUT2D eigenvalue weighted by Gasteiger charge is -2.09. The molecule has 0 heterocycles. The van der Waals surface area contributed by atoms with E-state index in [1.807, 2.05) is 6.92 Å². The molecule has 0 spiro atoms. The predicted octanol–water partition coefficient (Wildman–Crippen LogP) is 3.57. The number of anilines is 2. The van der Waals surface area contributed by atoms with Gasteiger partial charge in [0.1, 0.15) is 5.75 Å². The molecular formula is C15H15ClN2O2. The van der Waals surface area contributed by atoms with Crippen molar-refractivity contribution in [3.63, 3.8) is 0 Å². The van der Waals surface area contributed by atoms with Gasteiger partial charge >= 0.3 is 0 Å². The average molecular weight is 291 g/mol. The number of carbonyl (C=O) groups excluding carboxylic acids is 1. The van der Waals surface area contributed by atoms with Crippen LogP contribution < -0.4 is 15.8 Å². The van der Waals surface area contributed by atoms with E-state index in [2.05, 4.69) is 5.32 Å². The number of rotatable bonds is 4. The van der Waals surface area contributed by atoms with Crippen LogP contribution in [0.15, 0.2) is 42.5 Å². The maximum atomic E-state index is 12.1. The molecule has 0 aliphatic heterocycles. The first kappa shape index (κ1) is 14.2. The smallest absolute Gasteiger partial charge is 0.255 e. The van der Waals surface area contributed by atoms with Gasteiger partial charge in [-0.15, -0.1) is 0 Å². The zero-order chi connectivity index (χ0) is 14.5. The molecule has 0 atom stereocenters. The summed E-state index contributed by atoms with van der Waals surface area (Å²) in [4.78, 5) is 12.1. The number of ether oxygens (including phenoxy) is 1. The summed E-state index contributed by atoms with van der Waals surface area (Å²) in [5.74, 6) is 0.328. The van der Waals surface area contributed by atoms with Gasteiger partial charge < -0.3 is 15.8 Å². The summed E-state index contributed by atoms with van der Waals surface area (Å²) in [7, 11) is 0. The second-order valence-corrected chi connectivity index (χ2v) is 4.59. The third-order valence-electron chi connectivity index (χ3n) is 2.65. The summed E-state index contributed by atoms with van der Waals surface area (Å²) < 4.78 is 5.33. The zero-order valence-corrected chi connectivity index (χ0v) is 11.8. The standard InChI is InChI=1S/C15H15ClN2O2/c1-2-20-14-7-6-10(8-13(14)17)15(19)18-12-5-3-4-11(16)9-12/h3-9H,2,17H2,1H3,(H,18,19). The first-order chi connectivity index (χ1) is 9.60. The number of nitrogens with two attached hydrogens (primary N) is 1. The van der Waals surface area contributed by atoms with Gasteiger partial charge in [0.15, 0.2) is 0 Å². The molecule has 0 bridgehead atoms. The van der Waals surface area contributed by atoms with Gasteiger partial charge in [0.25, 0.3) is 5.91 Å². The lowest BCUT2D eigenvalue weighted by atomic mass is 10.1. The predicted molar refractivity (Wildman–Crippen MR) is 81.4 cm³/mol. The van der Waals surface area contributed by atoms with Crippen LogP contribution in [0.3, 0.4) is 0 Å². The summed E-state index contributed by atoms with van der Waals surface area (Å²) in [6.45, 7) is 2.40. The Bertz CT molecular complexity index is 629. The Morgan fingerprint density at radius 1 is 1.30 bits per heavy atom. The van der Waals surface area contributed by atoms with Gasteiger partial charge in [0.05, 0.1) is 12.3 Å². The molecule has 104 valence electrons. The number of hydrogen-bond donors (Lipinski definition) is 2. The SMILES string of the molecule is CCOc1ccc(C(=O)Nc2cccc(Cl)c2)cc1N. The highest BCUT2D eigenvalue weighted by Gasteiger charge is 2.09. The van der Waals surface area contributed by atoms with Crippen molar-refractivity contribution in [1.29, 1.82) is 0 Å². The highest BCUT2D eigenvalue weighted by molar-refractivity contribution is 6.30. The Morgan fingerprint density at radius 3 is 2.75 bits per heavy atom. The fourth-order valence-corrected chi connectivity index (χ4v) is 1.94. The quantitative estimate of drug-likeness (QED) is 0.846. The summed E-state index contributed by atoms with van der Waals surface area (Å²) in [5, 5.41) is 3.32. The monoisotopic (exact) mass is 290 g/mol. The van der Waals surface area contributed by atoms with Gasteiger partial charge in [-0.3, -0.25) is 4.79 Å². The molecule has 0 aliphatic rings. The van der Waals surface area contributed by atoms with Crippen LogP contribution in [0.25, 0.3) is 0 Å². The van der Waals surface area contributed by atoms with Gasteiger partial charge in [-0.1, -0.05) is 17.7 Å². The van der Waals surface area contributed by atoms with Gasteiger partial charge in [-0.2, -0.15) is 0 Å². The number of hydrogen-bond acceptors (Lipinski definition) is 3. The number of nitrogen functional groups attached to an aromatic ring is 1. The Kier molecular flexibility index (Phi) is 4.48. The number of nitrogens with one attached hydrogen (secondary N) is 1. The minimum absolute atomic E-state index is 0.248. The van der Waals surface area contributed by atoms with Crippen LogP contribution in [-0.4, -0.2) is 12.5 Å². The van der Waals surface area contributed by atoms with Crippen LogP contribution in [-0.2, 0) is 0 Å². The van der Waals surface area contributed by atoms with E-state index >= 15 is 0 Å². The van der Waals surface area contributed by atoms with Crippen LogP contribution in [0.2, 0.25) is 5.02 Å². The molecular weight excluding hydrogens is 276 g/mol. The third-order valence-corrected chi connectivity index (χ3v) is 2.89. The van der Waals surface area contributed by atoms with Crippen molar-refractivity contribution in [2.45, 2.75) is 6.92 Å². The van der Waals surface area contributed by atoms with Crippen LogP contribution in [0.4, 0.5) is 11.4 Å². The van der Waals surface area contributed by atoms with Gasteiger partial charge in [-0.25, -0.2) is 0 Å². The summed E-state index contributed by atoms with van der Waals surface area (Å²) in [6, 6.07) is 11.9. The average Bonchev–Trinajstić information content (AvgIpc) is 2.41. The molecule has 0 aromatic heterocycles. The van der Waals surface area contributed by atoms with Crippen molar-refractivity contribution in [3.05, 3.63) is 53.1 Å². The van der Waals surface area contributed by atoms with Crippen molar-refractivity contribution in [1.82, 2.24) is 0 Å². The Morgan fingerprint density at radius 2 is 2.10 bits per heavy atom. The largest absolute Gasteiger partial charge is 0.492 e. The molecule has 4 nitrogen and oxygen atoms in total. The Labute approximate surface area is 122 Å². The van der Waals surface area contributed by atoms with Gasteiger partial charge in [-0.05, 0) is 43.3 Å². The Balaban J connectivity index is 2.15. The van der Waals surface area contributed by atoms with Crippen LogP contribution in [0, 0.1) is 0 Å². The summed E-state index contributed by atoms with van der Waals surface area (Å²) in [5.41, 5.74) is 7.37. The van der Waals surface area contributed by atoms with E-state index in [4.69, 9.17) is 22.1 Å². The van der Waals surface area contributed by atoms with Crippen molar-refractivity contribution in [2.24, 2.45) is 0 Å². The van der Waals surface area contributed by atoms with E-state index in [9.17, 15) is 4.79 Å². The summed E-state index contributed by atoms with van der Waals surface area (Å²) in [6.07, 6.45) is 0. The fourth-order valence-electron chi connectivity index (χ4n) is 1.75. The van der Waals surface area contributed by atoms with Crippen LogP contribution >= 0.6 is 11.6 Å². The second kappa shape index (κ2) is 6.30. The third kappa shape index (κ3) is 3.42. The highest BCUT2D eigenvalue weighted by Crippen LogP contribution is 2.23. The number of benzene rings is 2. The Hall–Kier alpha value is -2.20. The lowest BCUT2D eigenvalue weighted by Crippen LogP contribution is -2.12. The first-order valence-corrected chi connectivity index (χ1v) is 6.57. The van der Waals surface area contributed by atoms with E-state index in [0.717, 1.165) is 0 Å². The maximum absolute atomic E-state index is 12.1. The molecule has 5 heteroatoms. The van der Waals surface area contributed by atoms with E-state index in [-0.39, 0.29) is 5.91 Å². The lowest BCUT2D eigenvalue weighted by molar-refractivity contribution is 0.102. The summed E-state index contributed by atoms with van der Waals surface area (Å²) >= 11 is 5.87. The molecule has 2 aromatic carbocycles. The molecule has 0 fully saturated rings. The number of halogens is 1.